The first kappa shape index (κ1) is 45.5. The van der Waals surface area contributed by atoms with E-state index >= 15 is 0 Å². The number of ketones is 2. The van der Waals surface area contributed by atoms with Crippen LogP contribution in [0.4, 0.5) is 4.79 Å². The van der Waals surface area contributed by atoms with Crippen molar-refractivity contribution in [3.63, 3.8) is 0 Å². The van der Waals surface area contributed by atoms with Crippen LogP contribution in [0.15, 0.2) is 48.8 Å². The number of aliphatic hydroxyl groups is 1. The van der Waals surface area contributed by atoms with E-state index in [2.05, 4.69) is 15.3 Å². The standard InChI is InChI=1S/C44H60N4O11/c1-10-33-44(7)31(23-34(49)58-44)26(3)35(50)25(2)24-43(6,59-42(54)47-18-12-15-29-14-11-16-30(22-29)39-45-19-13-20-46-39)38(27(4)36(51)28(5)40(53)56-33)57-41-37(52)32(48(8)9)17-21-55-41/h11-16,19-20,22,25-28,31-33,37-38,41,52H,10,17-18,21,23-24H2,1-9H3,(H,47,54)/t25-,26?,27+,28-,31?,32+,33-,37-,38-,41?,43-,44+/m1/s1. The Bertz CT molecular complexity index is 1860. The van der Waals surface area contributed by atoms with E-state index in [9.17, 15) is 29.1 Å². The third-order valence-corrected chi connectivity index (χ3v) is 12.3. The molecule has 59 heavy (non-hydrogen) atoms. The average Bonchev–Trinajstić information content (AvgIpc) is 3.53. The molecular formula is C44H60N4O11. The minimum absolute atomic E-state index is 0.0528. The summed E-state index contributed by atoms with van der Waals surface area (Å²) >= 11 is 0. The van der Waals surface area contributed by atoms with Gasteiger partial charge in [-0.2, -0.15) is 0 Å². The van der Waals surface area contributed by atoms with Crippen LogP contribution in [0, 0.1) is 29.6 Å². The Kier molecular flexibility index (Phi) is 14.8. The smallest absolute Gasteiger partial charge is 0.408 e. The normalized spacial score (nSPS) is 34.8. The predicted octanol–water partition coefficient (Wildman–Crippen LogP) is 4.79. The molecular weight excluding hydrogens is 761 g/mol. The number of aliphatic hydroxyl groups excluding tert-OH is 1. The summed E-state index contributed by atoms with van der Waals surface area (Å²) in [6.45, 7) is 11.7. The van der Waals surface area contributed by atoms with E-state index < -0.39 is 89.2 Å². The lowest BCUT2D eigenvalue weighted by atomic mass is 9.70. The molecule has 1 aromatic carbocycles. The SMILES string of the molecule is CC[C@H]1OC(=O)[C@H](C)C(=O)[C@H](C)[C@@H](OC2OCC[C@H](N(C)C)[C@H]2O)[C@](C)(OC(=O)NCC=Cc2cccc(-c3ncccn3)c2)C[C@@H](C)C(=O)C(C)C2CC(=O)O[C@@]21C. The van der Waals surface area contributed by atoms with Crippen molar-refractivity contribution in [3.05, 3.63) is 54.4 Å². The number of cyclic esters (lactones) is 1. The van der Waals surface area contributed by atoms with Crippen LogP contribution in [0.1, 0.15) is 79.7 Å². The quantitative estimate of drug-likeness (QED) is 0.199. The minimum atomic E-state index is -1.72. The molecule has 5 rings (SSSR count). The molecule has 0 saturated carbocycles. The number of hydrogen-bond acceptors (Lipinski definition) is 14. The van der Waals surface area contributed by atoms with Gasteiger partial charge in [-0.15, -0.1) is 0 Å². The molecule has 322 valence electrons. The number of nitrogens with one attached hydrogen (secondary N) is 1. The van der Waals surface area contributed by atoms with Crippen molar-refractivity contribution in [2.75, 3.05) is 27.2 Å². The van der Waals surface area contributed by atoms with Crippen LogP contribution in [0.3, 0.4) is 0 Å². The summed E-state index contributed by atoms with van der Waals surface area (Å²) < 4.78 is 30.6. The summed E-state index contributed by atoms with van der Waals surface area (Å²) in [5.41, 5.74) is -1.39. The Labute approximate surface area is 346 Å². The van der Waals surface area contributed by atoms with Gasteiger partial charge in [-0.3, -0.25) is 19.2 Å². The summed E-state index contributed by atoms with van der Waals surface area (Å²) in [6, 6.07) is 8.97. The second kappa shape index (κ2) is 19.2. The zero-order chi connectivity index (χ0) is 43.2. The van der Waals surface area contributed by atoms with E-state index in [1.165, 1.54) is 6.92 Å². The Morgan fingerprint density at radius 1 is 1.03 bits per heavy atom. The van der Waals surface area contributed by atoms with Crippen LogP contribution in [0.5, 0.6) is 0 Å². The number of carbonyl (C=O) groups excluding carboxylic acids is 5. The van der Waals surface area contributed by atoms with Crippen molar-refractivity contribution >= 4 is 35.7 Å². The van der Waals surface area contributed by atoms with E-state index in [4.69, 9.17) is 23.7 Å². The molecule has 1 amide bonds. The highest BCUT2D eigenvalue weighted by Crippen LogP contribution is 2.45. The molecule has 15 heteroatoms. The maximum Gasteiger partial charge on any atom is 0.408 e. The lowest BCUT2D eigenvalue weighted by Crippen LogP contribution is -2.59. The zero-order valence-electron chi connectivity index (χ0n) is 35.6. The fourth-order valence-electron chi connectivity index (χ4n) is 8.99. The number of likely N-dealkylation sites (N-methyl/N-ethyl adjacent to an activating group) is 1. The van der Waals surface area contributed by atoms with Crippen molar-refractivity contribution in [2.24, 2.45) is 29.6 Å². The highest BCUT2D eigenvalue weighted by molar-refractivity contribution is 6.00. The molecule has 4 heterocycles. The third-order valence-electron chi connectivity index (χ3n) is 12.3. The lowest BCUT2D eigenvalue weighted by Gasteiger charge is -2.46. The maximum atomic E-state index is 14.4. The summed E-state index contributed by atoms with van der Waals surface area (Å²) in [5, 5.41) is 14.2. The molecule has 3 fully saturated rings. The Morgan fingerprint density at radius 2 is 1.75 bits per heavy atom. The highest BCUT2D eigenvalue weighted by atomic mass is 16.7. The molecule has 3 unspecified atom stereocenters. The van der Waals surface area contributed by atoms with Gasteiger partial charge in [0.2, 0.25) is 0 Å². The van der Waals surface area contributed by atoms with Gasteiger partial charge in [-0.25, -0.2) is 14.8 Å². The molecule has 12 atom stereocenters. The number of aromatic nitrogens is 2. The number of hydrogen-bond donors (Lipinski definition) is 2. The molecule has 0 radical (unpaired) electrons. The first-order chi connectivity index (χ1) is 27.9. The summed E-state index contributed by atoms with van der Waals surface area (Å²) in [5.74, 6) is -6.27. The van der Waals surface area contributed by atoms with Gasteiger partial charge >= 0.3 is 18.0 Å². The van der Waals surface area contributed by atoms with Gasteiger partial charge in [-0.1, -0.05) is 58.0 Å². The lowest BCUT2D eigenvalue weighted by molar-refractivity contribution is -0.278. The van der Waals surface area contributed by atoms with Crippen LogP contribution in [-0.2, 0) is 42.9 Å². The molecule has 3 saturated heterocycles. The van der Waals surface area contributed by atoms with Crippen molar-refractivity contribution in [1.29, 1.82) is 0 Å². The van der Waals surface area contributed by atoms with Crippen LogP contribution < -0.4 is 5.32 Å². The van der Waals surface area contributed by atoms with Crippen molar-refractivity contribution in [1.82, 2.24) is 20.2 Å². The molecule has 0 bridgehead atoms. The molecule has 15 nitrogen and oxygen atoms in total. The summed E-state index contributed by atoms with van der Waals surface area (Å²) in [7, 11) is 3.65. The zero-order valence-corrected chi connectivity index (χ0v) is 35.6. The van der Waals surface area contributed by atoms with Gasteiger partial charge < -0.3 is 39.0 Å². The number of alkyl carbamates (subject to hydrolysis) is 1. The molecule has 0 spiro atoms. The van der Waals surface area contributed by atoms with Crippen LogP contribution >= 0.6 is 0 Å². The molecule has 3 aliphatic rings. The maximum absolute atomic E-state index is 14.4. The fourth-order valence-corrected chi connectivity index (χ4v) is 8.99. The van der Waals surface area contributed by atoms with Gasteiger partial charge in [0, 0.05) is 54.2 Å². The van der Waals surface area contributed by atoms with Crippen LogP contribution in [0.2, 0.25) is 0 Å². The molecule has 0 aliphatic carbocycles. The van der Waals surface area contributed by atoms with E-state index in [1.54, 1.807) is 66.1 Å². The van der Waals surface area contributed by atoms with Crippen molar-refractivity contribution in [3.8, 4) is 11.4 Å². The van der Waals surface area contributed by atoms with Gasteiger partial charge in [0.1, 0.15) is 41.2 Å². The first-order valence-electron chi connectivity index (χ1n) is 20.5. The number of fused-ring (bicyclic) bond motifs is 1. The number of carbonyl (C=O) groups is 5. The second-order valence-corrected chi connectivity index (χ2v) is 16.8. The van der Waals surface area contributed by atoms with Gasteiger partial charge in [0.15, 0.2) is 17.9 Å². The fraction of sp³-hybridized carbons (Fsp3) is 0.614. The van der Waals surface area contributed by atoms with Gasteiger partial charge in [0.05, 0.1) is 13.0 Å². The molecule has 2 N–H and O–H groups in total. The van der Waals surface area contributed by atoms with Gasteiger partial charge in [-0.05, 0) is 71.8 Å². The van der Waals surface area contributed by atoms with Crippen molar-refractivity contribution in [2.45, 2.75) is 116 Å². The second-order valence-electron chi connectivity index (χ2n) is 16.8. The minimum Gasteiger partial charge on any atom is -0.458 e. The Balaban J connectivity index is 1.48. The van der Waals surface area contributed by atoms with Crippen molar-refractivity contribution < 1.29 is 52.8 Å². The highest BCUT2D eigenvalue weighted by Gasteiger charge is 2.57. The number of ether oxygens (including phenoxy) is 5. The van der Waals surface area contributed by atoms with Crippen LogP contribution in [-0.4, -0.2) is 119 Å². The number of amides is 1. The number of benzene rings is 1. The van der Waals surface area contributed by atoms with E-state index in [-0.39, 0.29) is 44.2 Å². The van der Waals surface area contributed by atoms with E-state index in [0.717, 1.165) is 11.1 Å². The molecule has 2 aromatic rings. The number of Topliss-reactive ketones (excluding diaryl/α,β-unsaturated/α-hetero) is 2. The predicted molar refractivity (Wildman–Crippen MR) is 216 cm³/mol. The number of nitrogens with zero attached hydrogens (tertiary/aromatic N) is 3. The number of esters is 2. The summed E-state index contributed by atoms with van der Waals surface area (Å²) in [4.78, 5) is 79.8. The topological polar surface area (TPSA) is 193 Å². The third kappa shape index (κ3) is 10.2. The first-order valence-corrected chi connectivity index (χ1v) is 20.5. The van der Waals surface area contributed by atoms with E-state index in [0.29, 0.717) is 12.2 Å². The Morgan fingerprint density at radius 3 is 2.42 bits per heavy atom. The Hall–Kier alpha value is -4.57. The van der Waals surface area contributed by atoms with E-state index in [1.807, 2.05) is 49.3 Å². The van der Waals surface area contributed by atoms with Gasteiger partial charge in [0.25, 0.3) is 0 Å². The molecule has 1 aromatic heterocycles. The summed E-state index contributed by atoms with van der Waals surface area (Å²) in [6.07, 6.45) is 1.95. The monoisotopic (exact) mass is 820 g/mol. The average molecular weight is 821 g/mol. The van der Waals surface area contributed by atoms with Crippen LogP contribution in [0.25, 0.3) is 17.5 Å². The molecule has 3 aliphatic heterocycles. The number of rotatable bonds is 9. The largest absolute Gasteiger partial charge is 0.458 e.